The second-order valence-electron chi connectivity index (χ2n) is 6.85. The summed E-state index contributed by atoms with van der Waals surface area (Å²) in [6, 6.07) is 13.8. The van der Waals surface area contributed by atoms with Crippen molar-refractivity contribution in [2.75, 3.05) is 12.1 Å². The molecular formula is C23H20N2O5. The van der Waals surface area contributed by atoms with Crippen molar-refractivity contribution in [3.63, 3.8) is 0 Å². The Kier molecular flexibility index (Phi) is 5.26. The lowest BCUT2D eigenvalue weighted by molar-refractivity contribution is -0.113. The average Bonchev–Trinajstić information content (AvgIpc) is 3.40. The SMILES string of the molecule is Cc1ccc(C(=O)NC(=Cc2ccco2)C(=O)Nc2ccc3c(c2)OCO3)cc1C. The number of rotatable bonds is 5. The maximum absolute atomic E-state index is 12.9. The van der Waals surface area contributed by atoms with Crippen LogP contribution in [0.1, 0.15) is 27.2 Å². The molecule has 1 aromatic heterocycles. The van der Waals surface area contributed by atoms with Crippen LogP contribution in [0.15, 0.2) is 64.9 Å². The molecule has 0 fully saturated rings. The lowest BCUT2D eigenvalue weighted by atomic mass is 10.1. The summed E-state index contributed by atoms with van der Waals surface area (Å²) in [5, 5.41) is 5.45. The Morgan fingerprint density at radius 1 is 0.967 bits per heavy atom. The summed E-state index contributed by atoms with van der Waals surface area (Å²) in [4.78, 5) is 25.7. The van der Waals surface area contributed by atoms with E-state index in [-0.39, 0.29) is 12.5 Å². The number of aryl methyl sites for hydroxylation is 2. The molecule has 0 spiro atoms. The van der Waals surface area contributed by atoms with Gasteiger partial charge in [-0.25, -0.2) is 0 Å². The molecule has 7 heteroatoms. The molecule has 0 bridgehead atoms. The number of hydrogen-bond acceptors (Lipinski definition) is 5. The predicted molar refractivity (Wildman–Crippen MR) is 111 cm³/mol. The predicted octanol–water partition coefficient (Wildman–Crippen LogP) is 4.03. The lowest BCUT2D eigenvalue weighted by Crippen LogP contribution is -2.30. The van der Waals surface area contributed by atoms with Crippen LogP contribution >= 0.6 is 0 Å². The van der Waals surface area contributed by atoms with Gasteiger partial charge >= 0.3 is 0 Å². The van der Waals surface area contributed by atoms with Crippen LogP contribution in [0.2, 0.25) is 0 Å². The van der Waals surface area contributed by atoms with E-state index in [1.165, 1.54) is 12.3 Å². The van der Waals surface area contributed by atoms with Gasteiger partial charge in [-0.3, -0.25) is 9.59 Å². The summed E-state index contributed by atoms with van der Waals surface area (Å²) in [6.07, 6.45) is 2.96. The van der Waals surface area contributed by atoms with Crippen LogP contribution in [-0.2, 0) is 4.79 Å². The Bertz CT molecular complexity index is 1130. The molecule has 1 aliphatic heterocycles. The van der Waals surface area contributed by atoms with E-state index < -0.39 is 11.8 Å². The van der Waals surface area contributed by atoms with Crippen LogP contribution in [0.3, 0.4) is 0 Å². The molecule has 3 aromatic rings. The largest absolute Gasteiger partial charge is 0.465 e. The normalized spacial score (nSPS) is 12.5. The van der Waals surface area contributed by atoms with Crippen molar-refractivity contribution in [3.05, 3.63) is 82.9 Å². The fraction of sp³-hybridized carbons (Fsp3) is 0.130. The molecule has 0 saturated carbocycles. The third-order valence-corrected chi connectivity index (χ3v) is 4.72. The molecule has 0 saturated heterocycles. The number of amides is 2. The number of furan rings is 1. The first kappa shape index (κ1) is 19.3. The van der Waals surface area contributed by atoms with Crippen molar-refractivity contribution in [1.29, 1.82) is 0 Å². The average molecular weight is 404 g/mol. The molecule has 0 unspecified atom stereocenters. The Morgan fingerprint density at radius 3 is 2.57 bits per heavy atom. The molecule has 2 N–H and O–H groups in total. The first-order chi connectivity index (χ1) is 14.5. The van der Waals surface area contributed by atoms with Crippen LogP contribution in [0.25, 0.3) is 6.08 Å². The van der Waals surface area contributed by atoms with Crippen LogP contribution < -0.4 is 20.1 Å². The van der Waals surface area contributed by atoms with Crippen molar-refractivity contribution >= 4 is 23.6 Å². The number of anilines is 1. The van der Waals surface area contributed by atoms with Crippen LogP contribution in [0, 0.1) is 13.8 Å². The van der Waals surface area contributed by atoms with Crippen molar-refractivity contribution in [1.82, 2.24) is 5.32 Å². The van der Waals surface area contributed by atoms with E-state index in [9.17, 15) is 9.59 Å². The maximum Gasteiger partial charge on any atom is 0.272 e. The standard InChI is InChI=1S/C23H20N2O5/c1-14-5-6-16(10-15(14)2)22(26)25-19(12-18-4-3-9-28-18)23(27)24-17-7-8-20-21(11-17)30-13-29-20/h3-12H,13H2,1-2H3,(H,24,27)(H,25,26). The Morgan fingerprint density at radius 2 is 1.80 bits per heavy atom. The summed E-state index contributed by atoms with van der Waals surface area (Å²) in [5.41, 5.74) is 3.09. The fourth-order valence-corrected chi connectivity index (χ4v) is 2.92. The molecule has 30 heavy (non-hydrogen) atoms. The summed E-state index contributed by atoms with van der Waals surface area (Å²) in [5.74, 6) is 0.705. The van der Waals surface area contributed by atoms with Gasteiger partial charge in [-0.05, 0) is 61.4 Å². The second-order valence-corrected chi connectivity index (χ2v) is 6.85. The molecule has 0 aliphatic carbocycles. The van der Waals surface area contributed by atoms with Crippen LogP contribution in [0.5, 0.6) is 11.5 Å². The number of fused-ring (bicyclic) bond motifs is 1. The zero-order valence-corrected chi connectivity index (χ0v) is 16.5. The van der Waals surface area contributed by atoms with Gasteiger partial charge in [0.2, 0.25) is 6.79 Å². The molecular weight excluding hydrogens is 384 g/mol. The van der Waals surface area contributed by atoms with E-state index in [1.54, 1.807) is 42.5 Å². The summed E-state index contributed by atoms with van der Waals surface area (Å²) >= 11 is 0. The smallest absolute Gasteiger partial charge is 0.272 e. The Balaban J connectivity index is 1.57. The lowest BCUT2D eigenvalue weighted by Gasteiger charge is -2.12. The molecule has 152 valence electrons. The minimum absolute atomic E-state index is 0.0471. The molecule has 0 radical (unpaired) electrons. The van der Waals surface area contributed by atoms with Crippen molar-refractivity contribution < 1.29 is 23.5 Å². The summed E-state index contributed by atoms with van der Waals surface area (Å²) < 4.78 is 15.9. The second kappa shape index (κ2) is 8.16. The third kappa shape index (κ3) is 4.20. The Hall–Kier alpha value is -4.00. The van der Waals surface area contributed by atoms with Gasteiger partial charge in [-0.1, -0.05) is 6.07 Å². The topological polar surface area (TPSA) is 89.8 Å². The van der Waals surface area contributed by atoms with E-state index >= 15 is 0 Å². The summed E-state index contributed by atoms with van der Waals surface area (Å²) in [7, 11) is 0. The molecule has 2 aromatic carbocycles. The first-order valence-electron chi connectivity index (χ1n) is 9.34. The number of benzene rings is 2. The van der Waals surface area contributed by atoms with E-state index in [4.69, 9.17) is 13.9 Å². The molecule has 2 heterocycles. The number of ether oxygens (including phenoxy) is 2. The van der Waals surface area contributed by atoms with Gasteiger partial charge in [0.05, 0.1) is 6.26 Å². The van der Waals surface area contributed by atoms with E-state index in [0.29, 0.717) is 28.5 Å². The molecule has 0 atom stereocenters. The molecule has 1 aliphatic rings. The number of hydrogen-bond donors (Lipinski definition) is 2. The zero-order valence-electron chi connectivity index (χ0n) is 16.5. The summed E-state index contributed by atoms with van der Waals surface area (Å²) in [6.45, 7) is 4.04. The fourth-order valence-electron chi connectivity index (χ4n) is 2.92. The van der Waals surface area contributed by atoms with Gasteiger partial charge in [-0.2, -0.15) is 0 Å². The highest BCUT2D eigenvalue weighted by Crippen LogP contribution is 2.34. The van der Waals surface area contributed by atoms with Crippen molar-refractivity contribution in [2.45, 2.75) is 13.8 Å². The highest BCUT2D eigenvalue weighted by molar-refractivity contribution is 6.10. The molecule has 4 rings (SSSR count). The highest BCUT2D eigenvalue weighted by atomic mass is 16.7. The van der Waals surface area contributed by atoms with E-state index in [1.807, 2.05) is 19.9 Å². The minimum Gasteiger partial charge on any atom is -0.465 e. The first-order valence-corrected chi connectivity index (χ1v) is 9.34. The van der Waals surface area contributed by atoms with Gasteiger partial charge in [0, 0.05) is 23.4 Å². The maximum atomic E-state index is 12.9. The minimum atomic E-state index is -0.498. The molecule has 2 amide bonds. The Labute approximate surface area is 173 Å². The number of carbonyl (C=O) groups excluding carboxylic acids is 2. The van der Waals surface area contributed by atoms with Gasteiger partial charge in [0.1, 0.15) is 11.5 Å². The van der Waals surface area contributed by atoms with Gasteiger partial charge in [-0.15, -0.1) is 0 Å². The van der Waals surface area contributed by atoms with E-state index in [0.717, 1.165) is 11.1 Å². The quantitative estimate of drug-likeness (QED) is 0.627. The van der Waals surface area contributed by atoms with Gasteiger partial charge < -0.3 is 24.5 Å². The highest BCUT2D eigenvalue weighted by Gasteiger charge is 2.18. The zero-order chi connectivity index (χ0) is 21.1. The van der Waals surface area contributed by atoms with Gasteiger partial charge in [0.25, 0.3) is 11.8 Å². The van der Waals surface area contributed by atoms with Gasteiger partial charge in [0.15, 0.2) is 11.5 Å². The molecule has 7 nitrogen and oxygen atoms in total. The number of carbonyl (C=O) groups is 2. The third-order valence-electron chi connectivity index (χ3n) is 4.72. The van der Waals surface area contributed by atoms with Crippen LogP contribution in [0.4, 0.5) is 5.69 Å². The number of nitrogens with one attached hydrogen (secondary N) is 2. The van der Waals surface area contributed by atoms with E-state index in [2.05, 4.69) is 10.6 Å². The van der Waals surface area contributed by atoms with Crippen molar-refractivity contribution in [3.8, 4) is 11.5 Å². The monoisotopic (exact) mass is 404 g/mol. The van der Waals surface area contributed by atoms with Crippen LogP contribution in [-0.4, -0.2) is 18.6 Å². The van der Waals surface area contributed by atoms with Crippen molar-refractivity contribution in [2.24, 2.45) is 0 Å².